The topological polar surface area (TPSA) is 131 Å². The Kier molecular flexibility index (Phi) is 15.2. The molecular weight excluding hydrogens is 842 g/mol. The van der Waals surface area contributed by atoms with Crippen molar-refractivity contribution in [1.82, 2.24) is 19.4 Å². The maximum atomic E-state index is 13.5. The molecule has 0 unspecified atom stereocenters. The molecule has 62 heavy (non-hydrogen) atoms. The van der Waals surface area contributed by atoms with Gasteiger partial charge in [-0.15, -0.1) is 11.8 Å². The third-order valence-electron chi connectivity index (χ3n) is 11.6. The van der Waals surface area contributed by atoms with Crippen LogP contribution in [0.1, 0.15) is 36.2 Å². The van der Waals surface area contributed by atoms with Crippen LogP contribution >= 0.6 is 23.4 Å². The molecule has 2 saturated heterocycles. The van der Waals surface area contributed by atoms with Crippen molar-refractivity contribution in [3.05, 3.63) is 148 Å². The highest BCUT2D eigenvalue weighted by Crippen LogP contribution is 2.31. The SMILES string of the molecule is CC(C)N1CCN(CC[C@H](CSc2ccccc2)Nc2ccc(S(=O)(=O)NC(=O)c3ccc(N4CCN(Cc5ccccc5-c5ccc(Cl)cc5)CC4)cc3)cc2[N+](=O)[O-])CC1. The number of rotatable bonds is 17. The zero-order valence-electron chi connectivity index (χ0n) is 35.2. The van der Waals surface area contributed by atoms with Gasteiger partial charge in [-0.25, -0.2) is 13.1 Å². The van der Waals surface area contributed by atoms with Gasteiger partial charge in [0.2, 0.25) is 0 Å². The van der Waals surface area contributed by atoms with Gasteiger partial charge in [0.05, 0.1) is 9.82 Å². The second-order valence-corrected chi connectivity index (χ2v) is 19.3. The molecule has 326 valence electrons. The van der Waals surface area contributed by atoms with E-state index in [0.717, 1.165) is 94.1 Å². The van der Waals surface area contributed by atoms with Crippen LogP contribution in [0.2, 0.25) is 5.02 Å². The van der Waals surface area contributed by atoms with E-state index in [9.17, 15) is 23.3 Å². The minimum absolute atomic E-state index is 0.140. The van der Waals surface area contributed by atoms with Gasteiger partial charge < -0.3 is 15.1 Å². The molecule has 0 bridgehead atoms. The Balaban J connectivity index is 0.956. The quantitative estimate of drug-likeness (QED) is 0.0531. The number of thioether (sulfide) groups is 1. The molecule has 1 amide bonds. The van der Waals surface area contributed by atoms with Crippen LogP contribution in [0.5, 0.6) is 0 Å². The maximum absolute atomic E-state index is 13.5. The number of nitro groups is 1. The Morgan fingerprint density at radius 1 is 0.806 bits per heavy atom. The second-order valence-electron chi connectivity index (χ2n) is 16.1. The summed E-state index contributed by atoms with van der Waals surface area (Å²) in [5.41, 5.74) is 4.49. The average molecular weight is 897 g/mol. The van der Waals surface area contributed by atoms with Crippen molar-refractivity contribution in [2.75, 3.05) is 74.9 Å². The Hall–Kier alpha value is -4.96. The van der Waals surface area contributed by atoms with Crippen molar-refractivity contribution in [2.45, 2.75) is 48.7 Å². The fourth-order valence-electron chi connectivity index (χ4n) is 7.96. The number of amides is 1. The van der Waals surface area contributed by atoms with Crippen molar-refractivity contribution >= 4 is 56.4 Å². The molecule has 15 heteroatoms. The van der Waals surface area contributed by atoms with Crippen molar-refractivity contribution < 1.29 is 18.1 Å². The molecule has 2 heterocycles. The number of sulfonamides is 1. The Bertz CT molecular complexity index is 2390. The molecule has 2 fully saturated rings. The largest absolute Gasteiger partial charge is 0.376 e. The molecule has 7 rings (SSSR count). The first kappa shape index (κ1) is 45.1. The second kappa shape index (κ2) is 20.9. The predicted octanol–water partition coefficient (Wildman–Crippen LogP) is 8.35. The van der Waals surface area contributed by atoms with Gasteiger partial charge in [0, 0.05) is 111 Å². The first-order chi connectivity index (χ1) is 29.9. The van der Waals surface area contributed by atoms with E-state index in [1.54, 1.807) is 23.9 Å². The van der Waals surface area contributed by atoms with E-state index in [2.05, 4.69) is 61.7 Å². The minimum atomic E-state index is -4.44. The van der Waals surface area contributed by atoms with Crippen molar-refractivity contribution in [2.24, 2.45) is 0 Å². The summed E-state index contributed by atoms with van der Waals surface area (Å²) in [5, 5.41) is 16.5. The molecule has 0 saturated carbocycles. The fraction of sp³-hybridized carbons (Fsp3) is 0.340. The van der Waals surface area contributed by atoms with Crippen molar-refractivity contribution in [3.63, 3.8) is 0 Å². The van der Waals surface area contributed by atoms with E-state index in [0.29, 0.717) is 16.8 Å². The van der Waals surface area contributed by atoms with E-state index in [1.165, 1.54) is 23.3 Å². The van der Waals surface area contributed by atoms with Crippen LogP contribution in [-0.2, 0) is 16.6 Å². The third-order valence-corrected chi connectivity index (χ3v) is 14.4. The molecule has 1 atom stereocenters. The highest BCUT2D eigenvalue weighted by molar-refractivity contribution is 7.99. The number of anilines is 2. The van der Waals surface area contributed by atoms with Gasteiger partial charge in [0.15, 0.2) is 0 Å². The average Bonchev–Trinajstić information content (AvgIpc) is 3.28. The number of carbonyl (C=O) groups excluding carboxylic acids is 1. The lowest BCUT2D eigenvalue weighted by Gasteiger charge is -2.37. The lowest BCUT2D eigenvalue weighted by atomic mass is 9.99. The molecule has 0 spiro atoms. The number of nitrogens with zero attached hydrogens (tertiary/aromatic N) is 5. The fourth-order valence-corrected chi connectivity index (χ4v) is 10.1. The van der Waals surface area contributed by atoms with Crippen LogP contribution in [0, 0.1) is 10.1 Å². The summed E-state index contributed by atoms with van der Waals surface area (Å²) in [4.78, 5) is 35.4. The molecule has 0 aliphatic carbocycles. The monoisotopic (exact) mass is 895 g/mol. The Labute approximate surface area is 374 Å². The molecule has 2 aliphatic rings. The highest BCUT2D eigenvalue weighted by atomic mass is 35.5. The smallest absolute Gasteiger partial charge is 0.293 e. The molecule has 2 aliphatic heterocycles. The number of halogens is 1. The molecule has 0 aromatic heterocycles. The summed E-state index contributed by atoms with van der Waals surface area (Å²) in [6.45, 7) is 13.2. The van der Waals surface area contributed by atoms with Crippen molar-refractivity contribution in [3.8, 4) is 11.1 Å². The molecule has 2 N–H and O–H groups in total. The van der Waals surface area contributed by atoms with Gasteiger partial charge in [-0.3, -0.25) is 24.7 Å². The normalized spacial score (nSPS) is 16.0. The Morgan fingerprint density at radius 2 is 1.47 bits per heavy atom. The van der Waals surface area contributed by atoms with E-state index in [4.69, 9.17) is 11.6 Å². The van der Waals surface area contributed by atoms with Crippen LogP contribution in [0.3, 0.4) is 0 Å². The van der Waals surface area contributed by atoms with E-state index in [1.807, 2.05) is 72.8 Å². The van der Waals surface area contributed by atoms with Crippen LogP contribution in [0.4, 0.5) is 17.1 Å². The summed E-state index contributed by atoms with van der Waals surface area (Å²) >= 11 is 7.79. The first-order valence-corrected chi connectivity index (χ1v) is 23.9. The van der Waals surface area contributed by atoms with Crippen LogP contribution in [0.25, 0.3) is 11.1 Å². The van der Waals surface area contributed by atoms with Crippen LogP contribution in [0.15, 0.2) is 131 Å². The zero-order valence-corrected chi connectivity index (χ0v) is 37.5. The number of hydrogen-bond donors (Lipinski definition) is 2. The number of carbonyl (C=O) groups is 1. The molecule has 0 radical (unpaired) electrons. The number of benzene rings is 5. The number of nitro benzene ring substituents is 1. The molecular formula is C47H54ClN7O5S2. The van der Waals surface area contributed by atoms with Gasteiger partial charge in [0.1, 0.15) is 5.69 Å². The number of hydrogen-bond acceptors (Lipinski definition) is 11. The van der Waals surface area contributed by atoms with Gasteiger partial charge in [0.25, 0.3) is 21.6 Å². The standard InChI is InChI=1S/C47H54ClN7O5S2/c1-35(2)53-28-24-51(25-29-53)23-22-40(34-61-42-9-4-3-5-10-42)49-45-21-20-43(32-46(45)55(57)58)62(59,60)50-47(56)37-14-18-41(19-15-37)54-30-26-52(27-31-54)33-38-8-6-7-11-44(38)36-12-16-39(48)17-13-36/h3-21,32,35,40,49H,22-31,33-34H2,1-2H3,(H,50,56)/t40-/m1/s1. The number of nitrogens with one attached hydrogen (secondary N) is 2. The summed E-state index contributed by atoms with van der Waals surface area (Å²) in [6, 6.07) is 37.2. The summed E-state index contributed by atoms with van der Waals surface area (Å²) in [6.07, 6.45) is 0.741. The predicted molar refractivity (Wildman–Crippen MR) is 251 cm³/mol. The number of piperazine rings is 2. The molecule has 5 aromatic rings. The minimum Gasteiger partial charge on any atom is -0.376 e. The van der Waals surface area contributed by atoms with E-state index >= 15 is 0 Å². The summed E-state index contributed by atoms with van der Waals surface area (Å²) in [5.74, 6) is -0.170. The van der Waals surface area contributed by atoms with Gasteiger partial charge in [-0.1, -0.05) is 66.2 Å². The first-order valence-electron chi connectivity index (χ1n) is 21.1. The van der Waals surface area contributed by atoms with E-state index < -0.39 is 20.9 Å². The lowest BCUT2D eigenvalue weighted by molar-refractivity contribution is -0.384. The van der Waals surface area contributed by atoms with Gasteiger partial charge >= 0.3 is 0 Å². The lowest BCUT2D eigenvalue weighted by Crippen LogP contribution is -2.49. The summed E-state index contributed by atoms with van der Waals surface area (Å²) < 4.78 is 29.1. The zero-order chi connectivity index (χ0) is 43.6. The molecule has 12 nitrogen and oxygen atoms in total. The summed E-state index contributed by atoms with van der Waals surface area (Å²) in [7, 11) is -4.44. The van der Waals surface area contributed by atoms with Crippen LogP contribution < -0.4 is 14.9 Å². The van der Waals surface area contributed by atoms with Gasteiger partial charge in [-0.05, 0) is 97.6 Å². The van der Waals surface area contributed by atoms with Gasteiger partial charge in [-0.2, -0.15) is 0 Å². The van der Waals surface area contributed by atoms with Crippen molar-refractivity contribution in [1.29, 1.82) is 0 Å². The molecule has 5 aromatic carbocycles. The highest BCUT2D eigenvalue weighted by Gasteiger charge is 2.27. The third kappa shape index (κ3) is 11.9. The maximum Gasteiger partial charge on any atom is 0.293 e. The Morgan fingerprint density at radius 3 is 2.15 bits per heavy atom. The van der Waals surface area contributed by atoms with Crippen LogP contribution in [-0.4, -0.2) is 111 Å². The van der Waals surface area contributed by atoms with E-state index in [-0.39, 0.29) is 27.9 Å².